The Kier molecular flexibility index (Phi) is 5.11. The number of hydrogen-bond acceptors (Lipinski definition) is 6. The SMILES string of the molecule is Cc1cc(SCC(=O)Nc2cc3c(cc2Cl)OCCO3)nc(C)n1. The van der Waals surface area contributed by atoms with Crippen LogP contribution in [0.4, 0.5) is 5.69 Å². The lowest BCUT2D eigenvalue weighted by Crippen LogP contribution is -2.17. The van der Waals surface area contributed by atoms with Crippen LogP contribution in [0.1, 0.15) is 11.5 Å². The van der Waals surface area contributed by atoms with Gasteiger partial charge in [-0.1, -0.05) is 23.4 Å². The summed E-state index contributed by atoms with van der Waals surface area (Å²) in [6.07, 6.45) is 0. The Morgan fingerprint density at radius 2 is 1.92 bits per heavy atom. The van der Waals surface area contributed by atoms with E-state index in [4.69, 9.17) is 21.1 Å². The van der Waals surface area contributed by atoms with Crippen LogP contribution in [-0.2, 0) is 4.79 Å². The van der Waals surface area contributed by atoms with E-state index in [2.05, 4.69) is 15.3 Å². The van der Waals surface area contributed by atoms with Gasteiger partial charge in [0, 0.05) is 17.8 Å². The maximum Gasteiger partial charge on any atom is 0.234 e. The number of aromatic nitrogens is 2. The minimum Gasteiger partial charge on any atom is -0.486 e. The highest BCUT2D eigenvalue weighted by atomic mass is 35.5. The van der Waals surface area contributed by atoms with E-state index in [0.29, 0.717) is 41.2 Å². The number of anilines is 1. The molecule has 0 fully saturated rings. The van der Waals surface area contributed by atoms with Gasteiger partial charge >= 0.3 is 0 Å². The van der Waals surface area contributed by atoms with Crippen molar-refractivity contribution in [1.29, 1.82) is 0 Å². The molecule has 0 radical (unpaired) electrons. The van der Waals surface area contributed by atoms with Crippen LogP contribution in [0, 0.1) is 13.8 Å². The first-order valence-corrected chi connectivity index (χ1v) is 8.72. The number of nitrogens with one attached hydrogen (secondary N) is 1. The molecule has 0 spiro atoms. The summed E-state index contributed by atoms with van der Waals surface area (Å²) in [5, 5.41) is 3.96. The first-order valence-electron chi connectivity index (χ1n) is 7.35. The summed E-state index contributed by atoms with van der Waals surface area (Å²) in [6, 6.07) is 5.18. The second-order valence-electron chi connectivity index (χ2n) is 5.21. The van der Waals surface area contributed by atoms with Crippen molar-refractivity contribution in [2.24, 2.45) is 0 Å². The van der Waals surface area contributed by atoms with E-state index in [1.165, 1.54) is 11.8 Å². The zero-order valence-electron chi connectivity index (χ0n) is 13.3. The van der Waals surface area contributed by atoms with Crippen LogP contribution in [0.3, 0.4) is 0 Å². The summed E-state index contributed by atoms with van der Waals surface area (Å²) in [5.74, 6) is 1.90. The number of carbonyl (C=O) groups is 1. The molecule has 8 heteroatoms. The fourth-order valence-electron chi connectivity index (χ4n) is 2.24. The van der Waals surface area contributed by atoms with Gasteiger partial charge in [-0.3, -0.25) is 4.79 Å². The molecule has 2 aromatic rings. The fraction of sp³-hybridized carbons (Fsp3) is 0.312. The Balaban J connectivity index is 1.64. The number of fused-ring (bicyclic) bond motifs is 1. The number of benzene rings is 1. The van der Waals surface area contributed by atoms with Gasteiger partial charge in [-0.15, -0.1) is 0 Å². The second kappa shape index (κ2) is 7.27. The quantitative estimate of drug-likeness (QED) is 0.662. The number of hydrogen-bond donors (Lipinski definition) is 1. The second-order valence-corrected chi connectivity index (χ2v) is 6.61. The zero-order chi connectivity index (χ0) is 17.1. The number of ether oxygens (including phenoxy) is 2. The first kappa shape index (κ1) is 16.9. The van der Waals surface area contributed by atoms with Crippen LogP contribution < -0.4 is 14.8 Å². The molecule has 1 N–H and O–H groups in total. The summed E-state index contributed by atoms with van der Waals surface area (Å²) >= 11 is 7.53. The average molecular weight is 366 g/mol. The predicted molar refractivity (Wildman–Crippen MR) is 93.3 cm³/mol. The molecule has 0 saturated carbocycles. The molecule has 0 saturated heterocycles. The summed E-state index contributed by atoms with van der Waals surface area (Å²) in [6.45, 7) is 4.69. The average Bonchev–Trinajstić information content (AvgIpc) is 2.53. The van der Waals surface area contributed by atoms with Crippen molar-refractivity contribution in [2.45, 2.75) is 18.9 Å². The summed E-state index contributed by atoms with van der Waals surface area (Å²) < 4.78 is 11.0. The Labute approximate surface area is 148 Å². The Bertz CT molecular complexity index is 765. The van der Waals surface area contributed by atoms with E-state index in [1.807, 2.05) is 19.9 Å². The summed E-state index contributed by atoms with van der Waals surface area (Å²) in [7, 11) is 0. The van der Waals surface area contributed by atoms with Crippen molar-refractivity contribution in [3.63, 3.8) is 0 Å². The molecule has 0 aliphatic carbocycles. The highest BCUT2D eigenvalue weighted by Gasteiger charge is 2.16. The van der Waals surface area contributed by atoms with Crippen LogP contribution in [0.5, 0.6) is 11.5 Å². The number of amides is 1. The van der Waals surface area contributed by atoms with E-state index < -0.39 is 0 Å². The topological polar surface area (TPSA) is 73.3 Å². The van der Waals surface area contributed by atoms with Crippen molar-refractivity contribution >= 4 is 35.0 Å². The predicted octanol–water partition coefficient (Wildman–Crippen LogP) is 3.25. The molecule has 1 aliphatic heterocycles. The molecule has 1 aromatic carbocycles. The van der Waals surface area contributed by atoms with Gasteiger partial charge in [-0.2, -0.15) is 0 Å². The number of carbonyl (C=O) groups excluding carboxylic acids is 1. The molecule has 6 nitrogen and oxygen atoms in total. The van der Waals surface area contributed by atoms with Crippen molar-refractivity contribution in [3.8, 4) is 11.5 Å². The standard InChI is InChI=1S/C16H16ClN3O3S/c1-9-5-16(19-10(2)18-9)24-8-15(21)20-12-7-14-13(6-11(12)17)22-3-4-23-14/h5-7H,3-4,8H2,1-2H3,(H,20,21). The number of halogens is 1. The van der Waals surface area contributed by atoms with Gasteiger partial charge in [0.25, 0.3) is 0 Å². The highest BCUT2D eigenvalue weighted by molar-refractivity contribution is 7.99. The maximum atomic E-state index is 12.2. The van der Waals surface area contributed by atoms with E-state index in [-0.39, 0.29) is 11.7 Å². The number of nitrogens with zero attached hydrogens (tertiary/aromatic N) is 2. The van der Waals surface area contributed by atoms with Crippen LogP contribution in [0.15, 0.2) is 23.2 Å². The molecule has 1 aliphatic rings. The van der Waals surface area contributed by atoms with Crippen LogP contribution in [-0.4, -0.2) is 34.8 Å². The van der Waals surface area contributed by atoms with Crippen LogP contribution in [0.25, 0.3) is 0 Å². The van der Waals surface area contributed by atoms with E-state index >= 15 is 0 Å². The molecular formula is C16H16ClN3O3S. The van der Waals surface area contributed by atoms with Gasteiger partial charge in [0.15, 0.2) is 11.5 Å². The van der Waals surface area contributed by atoms with Gasteiger partial charge in [-0.05, 0) is 19.9 Å². The smallest absolute Gasteiger partial charge is 0.234 e. The zero-order valence-corrected chi connectivity index (χ0v) is 14.8. The molecule has 2 heterocycles. The molecule has 126 valence electrons. The van der Waals surface area contributed by atoms with Crippen molar-refractivity contribution in [3.05, 3.63) is 34.7 Å². The molecule has 24 heavy (non-hydrogen) atoms. The van der Waals surface area contributed by atoms with Crippen molar-refractivity contribution in [2.75, 3.05) is 24.3 Å². The maximum absolute atomic E-state index is 12.2. The molecule has 3 rings (SSSR count). The third-order valence-electron chi connectivity index (χ3n) is 3.20. The third-order valence-corrected chi connectivity index (χ3v) is 4.42. The summed E-state index contributed by atoms with van der Waals surface area (Å²) in [5.41, 5.74) is 1.38. The number of aryl methyl sites for hydroxylation is 2. The third kappa shape index (κ3) is 4.10. The Hall–Kier alpha value is -1.99. The molecule has 1 aromatic heterocycles. The minimum absolute atomic E-state index is 0.174. The van der Waals surface area contributed by atoms with Crippen LogP contribution in [0.2, 0.25) is 5.02 Å². The molecule has 0 unspecified atom stereocenters. The van der Waals surface area contributed by atoms with Crippen molar-refractivity contribution < 1.29 is 14.3 Å². The molecule has 0 atom stereocenters. The first-order chi connectivity index (χ1) is 11.5. The van der Waals surface area contributed by atoms with E-state index in [0.717, 1.165) is 10.7 Å². The molecule has 1 amide bonds. The number of rotatable bonds is 4. The Morgan fingerprint density at radius 1 is 1.21 bits per heavy atom. The lowest BCUT2D eigenvalue weighted by atomic mass is 10.2. The van der Waals surface area contributed by atoms with Gasteiger partial charge in [0.1, 0.15) is 24.1 Å². The lowest BCUT2D eigenvalue weighted by molar-refractivity contribution is -0.113. The van der Waals surface area contributed by atoms with E-state index in [9.17, 15) is 4.79 Å². The lowest BCUT2D eigenvalue weighted by Gasteiger charge is -2.20. The van der Waals surface area contributed by atoms with Crippen LogP contribution >= 0.6 is 23.4 Å². The van der Waals surface area contributed by atoms with Crippen molar-refractivity contribution in [1.82, 2.24) is 9.97 Å². The monoisotopic (exact) mass is 365 g/mol. The number of thioether (sulfide) groups is 1. The van der Waals surface area contributed by atoms with Gasteiger partial charge in [0.2, 0.25) is 5.91 Å². The largest absolute Gasteiger partial charge is 0.486 e. The summed E-state index contributed by atoms with van der Waals surface area (Å²) in [4.78, 5) is 20.7. The molecule has 0 bridgehead atoms. The fourth-order valence-corrected chi connectivity index (χ4v) is 3.25. The van der Waals surface area contributed by atoms with E-state index in [1.54, 1.807) is 12.1 Å². The Morgan fingerprint density at radius 3 is 2.62 bits per heavy atom. The van der Waals surface area contributed by atoms with Gasteiger partial charge in [-0.25, -0.2) is 9.97 Å². The normalized spacial score (nSPS) is 12.8. The molecular weight excluding hydrogens is 350 g/mol. The van der Waals surface area contributed by atoms with Gasteiger partial charge < -0.3 is 14.8 Å². The highest BCUT2D eigenvalue weighted by Crippen LogP contribution is 2.38. The minimum atomic E-state index is -0.174. The van der Waals surface area contributed by atoms with Gasteiger partial charge in [0.05, 0.1) is 16.5 Å².